The topological polar surface area (TPSA) is 54.4 Å². The molecule has 3 aliphatic rings. The van der Waals surface area contributed by atoms with Gasteiger partial charge in [0, 0.05) is 23.8 Å². The normalized spacial score (nSPS) is 26.0. The highest BCUT2D eigenvalue weighted by atomic mass is 16.3. The number of benzene rings is 1. The number of phenols is 1. The van der Waals surface area contributed by atoms with Crippen molar-refractivity contribution < 1.29 is 14.7 Å². The molecule has 0 unspecified atom stereocenters. The van der Waals surface area contributed by atoms with Gasteiger partial charge in [-0.05, 0) is 105 Å². The molecule has 0 heterocycles. The maximum atomic E-state index is 13.4. The van der Waals surface area contributed by atoms with E-state index < -0.39 is 0 Å². The summed E-state index contributed by atoms with van der Waals surface area (Å²) in [4.78, 5) is 26.1. The molecule has 0 radical (unpaired) electrons. The van der Waals surface area contributed by atoms with Crippen LogP contribution in [0.15, 0.2) is 24.3 Å². The van der Waals surface area contributed by atoms with E-state index in [9.17, 15) is 14.7 Å². The zero-order valence-corrected chi connectivity index (χ0v) is 24.9. The second-order valence-corrected chi connectivity index (χ2v) is 13.2. The molecule has 0 saturated heterocycles. The van der Waals surface area contributed by atoms with Gasteiger partial charge in [-0.1, -0.05) is 77.4 Å². The zero-order valence-electron chi connectivity index (χ0n) is 24.9. The molecule has 39 heavy (non-hydrogen) atoms. The van der Waals surface area contributed by atoms with E-state index >= 15 is 0 Å². The third kappa shape index (κ3) is 7.44. The minimum absolute atomic E-state index is 0.149. The van der Waals surface area contributed by atoms with Gasteiger partial charge in [0.05, 0.1) is 0 Å². The largest absolute Gasteiger partial charge is 0.508 e. The van der Waals surface area contributed by atoms with Crippen LogP contribution >= 0.6 is 0 Å². The fraction of sp³-hybridized carbons (Fsp3) is 0.722. The highest BCUT2D eigenvalue weighted by molar-refractivity contribution is 5.98. The van der Waals surface area contributed by atoms with Crippen molar-refractivity contribution in [1.82, 2.24) is 0 Å². The standard InChI is InChI=1S/C36H54O3/c1-3-4-5-6-7-8-9-10-11-12-13-14-15-16-17-18-33(38)31-26-28(37)25-27-19-20-29-30(35(27)31)23-24-36(2)32(29)21-22-34(36)39/h10-11,25-26,29-30,32,37H,3-9,12-24H2,1-2H3/b11-10-/t29-,30+,32+,36+/m1/s1. The van der Waals surface area contributed by atoms with Gasteiger partial charge in [-0.25, -0.2) is 0 Å². The molecular formula is C36H54O3. The van der Waals surface area contributed by atoms with Crippen molar-refractivity contribution in [3.8, 4) is 5.75 Å². The summed E-state index contributed by atoms with van der Waals surface area (Å²) in [6.07, 6.45) is 27.3. The molecule has 3 nitrogen and oxygen atoms in total. The van der Waals surface area contributed by atoms with Crippen LogP contribution in [0.25, 0.3) is 0 Å². The quantitative estimate of drug-likeness (QED) is 0.130. The van der Waals surface area contributed by atoms with Crippen molar-refractivity contribution in [3.63, 3.8) is 0 Å². The SMILES string of the molecule is CCCCCCCC/C=C\CCCCCCCC(=O)c1cc(O)cc2c1[C@H]1CC[C@]3(C)C(=O)CC[C@H]3[C@@H]1CC2. The van der Waals surface area contributed by atoms with Gasteiger partial charge in [-0.2, -0.15) is 0 Å². The van der Waals surface area contributed by atoms with E-state index in [0.717, 1.165) is 56.9 Å². The van der Waals surface area contributed by atoms with E-state index in [2.05, 4.69) is 26.0 Å². The summed E-state index contributed by atoms with van der Waals surface area (Å²) >= 11 is 0. The summed E-state index contributed by atoms with van der Waals surface area (Å²) in [5.41, 5.74) is 3.03. The number of carbonyl (C=O) groups excluding carboxylic acids is 2. The lowest BCUT2D eigenvalue weighted by molar-refractivity contribution is -0.129. The van der Waals surface area contributed by atoms with E-state index in [1.165, 1.54) is 81.8 Å². The molecule has 0 amide bonds. The van der Waals surface area contributed by atoms with Crippen LogP contribution in [-0.2, 0) is 11.2 Å². The number of unbranched alkanes of at least 4 members (excludes halogenated alkanes) is 11. The Morgan fingerprint density at radius 3 is 2.28 bits per heavy atom. The molecule has 0 spiro atoms. The number of Topliss-reactive ketones (excluding diaryl/α,β-unsaturated/α-hetero) is 2. The lowest BCUT2D eigenvalue weighted by Crippen LogP contribution is -2.42. The minimum atomic E-state index is -0.149. The van der Waals surface area contributed by atoms with Gasteiger partial charge in [-0.15, -0.1) is 0 Å². The van der Waals surface area contributed by atoms with Crippen LogP contribution in [0, 0.1) is 17.3 Å². The van der Waals surface area contributed by atoms with Gasteiger partial charge in [0.1, 0.15) is 11.5 Å². The van der Waals surface area contributed by atoms with Crippen molar-refractivity contribution in [1.29, 1.82) is 0 Å². The van der Waals surface area contributed by atoms with Crippen molar-refractivity contribution in [3.05, 3.63) is 41.0 Å². The number of ketones is 2. The third-order valence-electron chi connectivity index (χ3n) is 10.5. The van der Waals surface area contributed by atoms with E-state index in [0.29, 0.717) is 30.0 Å². The molecule has 216 valence electrons. The van der Waals surface area contributed by atoms with Gasteiger partial charge in [0.15, 0.2) is 5.78 Å². The Morgan fingerprint density at radius 2 is 1.56 bits per heavy atom. The lowest BCUT2D eigenvalue weighted by Gasteiger charge is -2.48. The van der Waals surface area contributed by atoms with Crippen LogP contribution in [0.4, 0.5) is 0 Å². The molecule has 4 rings (SSSR count). The molecule has 1 N–H and O–H groups in total. The predicted octanol–water partition coefficient (Wildman–Crippen LogP) is 10.0. The van der Waals surface area contributed by atoms with Crippen molar-refractivity contribution in [2.45, 2.75) is 148 Å². The molecule has 4 atom stereocenters. The summed E-state index contributed by atoms with van der Waals surface area (Å²) in [5.74, 6) is 2.22. The Labute approximate surface area is 238 Å². The Balaban J connectivity index is 1.19. The Morgan fingerprint density at radius 1 is 0.897 bits per heavy atom. The molecule has 0 aromatic heterocycles. The fourth-order valence-electron chi connectivity index (χ4n) is 8.20. The number of hydrogen-bond acceptors (Lipinski definition) is 3. The van der Waals surface area contributed by atoms with E-state index in [4.69, 9.17) is 0 Å². The maximum Gasteiger partial charge on any atom is 0.163 e. The van der Waals surface area contributed by atoms with E-state index in [1.54, 1.807) is 6.07 Å². The van der Waals surface area contributed by atoms with Gasteiger partial charge < -0.3 is 5.11 Å². The molecule has 1 aromatic rings. The first kappa shape index (κ1) is 30.1. The van der Waals surface area contributed by atoms with Crippen molar-refractivity contribution in [2.24, 2.45) is 17.3 Å². The van der Waals surface area contributed by atoms with Crippen LogP contribution in [0.1, 0.15) is 163 Å². The average molecular weight is 535 g/mol. The summed E-state index contributed by atoms with van der Waals surface area (Å²) in [5, 5.41) is 10.4. The lowest BCUT2D eigenvalue weighted by atomic mass is 9.55. The molecule has 0 bridgehead atoms. The monoisotopic (exact) mass is 534 g/mol. The Kier molecular flexibility index (Phi) is 11.3. The number of rotatable bonds is 16. The first-order valence-corrected chi connectivity index (χ1v) is 16.5. The van der Waals surface area contributed by atoms with Crippen LogP contribution < -0.4 is 0 Å². The predicted molar refractivity (Wildman–Crippen MR) is 162 cm³/mol. The molecule has 3 heteroatoms. The van der Waals surface area contributed by atoms with Crippen LogP contribution in [0.2, 0.25) is 0 Å². The second kappa shape index (κ2) is 14.6. The summed E-state index contributed by atoms with van der Waals surface area (Å²) in [7, 11) is 0. The smallest absolute Gasteiger partial charge is 0.163 e. The second-order valence-electron chi connectivity index (χ2n) is 13.2. The van der Waals surface area contributed by atoms with Crippen LogP contribution in [0.5, 0.6) is 5.75 Å². The molecule has 3 aliphatic carbocycles. The average Bonchev–Trinajstić information content (AvgIpc) is 3.24. The first-order chi connectivity index (χ1) is 19.0. The maximum absolute atomic E-state index is 13.4. The number of aromatic hydroxyl groups is 1. The Bertz CT molecular complexity index is 991. The highest BCUT2D eigenvalue weighted by Crippen LogP contribution is 2.60. The highest BCUT2D eigenvalue weighted by Gasteiger charge is 2.55. The van der Waals surface area contributed by atoms with Crippen LogP contribution in [-0.4, -0.2) is 16.7 Å². The number of allylic oxidation sites excluding steroid dienone is 2. The molecule has 2 fully saturated rings. The first-order valence-electron chi connectivity index (χ1n) is 16.5. The number of fused-ring (bicyclic) bond motifs is 5. The molecule has 2 saturated carbocycles. The van der Waals surface area contributed by atoms with Gasteiger partial charge in [-0.3, -0.25) is 9.59 Å². The number of carbonyl (C=O) groups is 2. The molecular weight excluding hydrogens is 480 g/mol. The van der Waals surface area contributed by atoms with Gasteiger partial charge in [0.2, 0.25) is 0 Å². The summed E-state index contributed by atoms with van der Waals surface area (Å²) in [6, 6.07) is 3.65. The van der Waals surface area contributed by atoms with Crippen LogP contribution in [0.3, 0.4) is 0 Å². The van der Waals surface area contributed by atoms with Crippen molar-refractivity contribution in [2.75, 3.05) is 0 Å². The summed E-state index contributed by atoms with van der Waals surface area (Å²) < 4.78 is 0. The van der Waals surface area contributed by atoms with E-state index in [-0.39, 0.29) is 16.9 Å². The summed E-state index contributed by atoms with van der Waals surface area (Å²) in [6.45, 7) is 4.47. The van der Waals surface area contributed by atoms with Gasteiger partial charge in [0.25, 0.3) is 0 Å². The fourth-order valence-corrected chi connectivity index (χ4v) is 8.20. The Hall–Kier alpha value is -1.90. The van der Waals surface area contributed by atoms with Crippen molar-refractivity contribution >= 4 is 11.6 Å². The van der Waals surface area contributed by atoms with E-state index in [1.807, 2.05) is 6.07 Å². The van der Waals surface area contributed by atoms with Gasteiger partial charge >= 0.3 is 0 Å². The number of hydrogen-bond donors (Lipinski definition) is 1. The molecule has 1 aromatic carbocycles. The zero-order chi connectivity index (χ0) is 27.7. The third-order valence-corrected chi connectivity index (χ3v) is 10.5. The molecule has 0 aliphatic heterocycles. The minimum Gasteiger partial charge on any atom is -0.508 e. The number of aryl methyl sites for hydroxylation is 1. The number of phenolic OH excluding ortho intramolecular Hbond substituents is 1.